The first kappa shape index (κ1) is 11.1. The smallest absolute Gasteiger partial charge is 0.235 e. The predicted molar refractivity (Wildman–Crippen MR) is 63.9 cm³/mol. The molecule has 0 aromatic carbocycles. The maximum absolute atomic E-state index is 5.64. The summed E-state index contributed by atoms with van der Waals surface area (Å²) < 4.78 is 11.7. The average molecular weight is 320 g/mol. The van der Waals surface area contributed by atoms with Crippen LogP contribution in [0, 0.1) is 16.0 Å². The standard InChI is InChI=1S/C10H13IN2O2/c1-7-9(12-3-8(11)13-7)15-6-10(2)4-14-5-10/h3H,4-6H2,1-2H3. The van der Waals surface area contributed by atoms with Gasteiger partial charge in [-0.1, -0.05) is 6.92 Å². The van der Waals surface area contributed by atoms with Gasteiger partial charge in [0, 0.05) is 5.41 Å². The number of aryl methyl sites for hydroxylation is 1. The summed E-state index contributed by atoms with van der Waals surface area (Å²) in [5, 5.41) is 0. The van der Waals surface area contributed by atoms with Crippen LogP contribution in [0.2, 0.25) is 0 Å². The number of halogens is 1. The predicted octanol–water partition coefficient (Wildman–Crippen LogP) is 1.80. The summed E-state index contributed by atoms with van der Waals surface area (Å²) in [6, 6.07) is 0. The monoisotopic (exact) mass is 320 g/mol. The lowest BCUT2D eigenvalue weighted by Gasteiger charge is -2.37. The minimum Gasteiger partial charge on any atom is -0.476 e. The van der Waals surface area contributed by atoms with Crippen LogP contribution in [0.5, 0.6) is 5.88 Å². The van der Waals surface area contributed by atoms with E-state index < -0.39 is 0 Å². The molecule has 82 valence electrons. The van der Waals surface area contributed by atoms with Crippen molar-refractivity contribution in [1.82, 2.24) is 9.97 Å². The first-order valence-corrected chi connectivity index (χ1v) is 5.87. The van der Waals surface area contributed by atoms with E-state index in [1.165, 1.54) is 0 Å². The lowest BCUT2D eigenvalue weighted by atomic mass is 9.90. The van der Waals surface area contributed by atoms with Gasteiger partial charge in [-0.2, -0.15) is 0 Å². The molecule has 0 spiro atoms. The van der Waals surface area contributed by atoms with Crippen LogP contribution in [0.4, 0.5) is 0 Å². The zero-order valence-electron chi connectivity index (χ0n) is 8.79. The molecule has 15 heavy (non-hydrogen) atoms. The van der Waals surface area contributed by atoms with Gasteiger partial charge in [0.25, 0.3) is 0 Å². The molecule has 0 unspecified atom stereocenters. The van der Waals surface area contributed by atoms with Crippen LogP contribution in [0.15, 0.2) is 6.20 Å². The molecule has 2 heterocycles. The third kappa shape index (κ3) is 2.57. The van der Waals surface area contributed by atoms with Gasteiger partial charge in [0.2, 0.25) is 5.88 Å². The minimum atomic E-state index is 0.150. The molecule has 0 N–H and O–H groups in total. The van der Waals surface area contributed by atoms with Gasteiger partial charge in [-0.3, -0.25) is 0 Å². The van der Waals surface area contributed by atoms with E-state index in [0.717, 1.165) is 22.6 Å². The summed E-state index contributed by atoms with van der Waals surface area (Å²) >= 11 is 2.14. The molecule has 1 aromatic heterocycles. The van der Waals surface area contributed by atoms with Gasteiger partial charge >= 0.3 is 0 Å². The fraction of sp³-hybridized carbons (Fsp3) is 0.600. The Labute approximate surface area is 103 Å². The van der Waals surface area contributed by atoms with Crippen LogP contribution in [0.25, 0.3) is 0 Å². The van der Waals surface area contributed by atoms with E-state index >= 15 is 0 Å². The lowest BCUT2D eigenvalue weighted by Crippen LogP contribution is -2.44. The summed E-state index contributed by atoms with van der Waals surface area (Å²) in [4.78, 5) is 8.49. The summed E-state index contributed by atoms with van der Waals surface area (Å²) in [5.41, 5.74) is 0.989. The van der Waals surface area contributed by atoms with E-state index in [1.807, 2.05) is 6.92 Å². The minimum absolute atomic E-state index is 0.150. The molecule has 1 saturated heterocycles. The number of hydrogen-bond donors (Lipinski definition) is 0. The van der Waals surface area contributed by atoms with E-state index in [2.05, 4.69) is 39.5 Å². The lowest BCUT2D eigenvalue weighted by molar-refractivity contribution is -0.120. The largest absolute Gasteiger partial charge is 0.476 e. The molecule has 0 bridgehead atoms. The SMILES string of the molecule is Cc1nc(I)cnc1OCC1(C)COC1. The number of nitrogens with zero attached hydrogens (tertiary/aromatic N) is 2. The van der Waals surface area contributed by atoms with E-state index in [4.69, 9.17) is 9.47 Å². The number of aromatic nitrogens is 2. The Hall–Kier alpha value is -0.430. The van der Waals surface area contributed by atoms with Crippen molar-refractivity contribution in [2.75, 3.05) is 19.8 Å². The van der Waals surface area contributed by atoms with Gasteiger partial charge in [0.05, 0.1) is 26.0 Å². The summed E-state index contributed by atoms with van der Waals surface area (Å²) in [5.74, 6) is 0.628. The molecule has 1 fully saturated rings. The fourth-order valence-corrected chi connectivity index (χ4v) is 1.86. The zero-order valence-corrected chi connectivity index (χ0v) is 10.9. The molecule has 4 nitrogen and oxygen atoms in total. The van der Waals surface area contributed by atoms with Crippen molar-refractivity contribution in [3.8, 4) is 5.88 Å². The molecular formula is C10H13IN2O2. The molecule has 1 aliphatic heterocycles. The van der Waals surface area contributed by atoms with Crippen molar-refractivity contribution in [1.29, 1.82) is 0 Å². The highest BCUT2D eigenvalue weighted by Gasteiger charge is 2.34. The molecule has 0 amide bonds. The Bertz CT molecular complexity index is 366. The third-order valence-corrected chi connectivity index (χ3v) is 2.85. The van der Waals surface area contributed by atoms with Gasteiger partial charge in [-0.15, -0.1) is 0 Å². The molecule has 0 atom stereocenters. The first-order chi connectivity index (χ1) is 7.09. The Kier molecular flexibility index (Phi) is 3.11. The van der Waals surface area contributed by atoms with Gasteiger partial charge in [-0.25, -0.2) is 9.97 Å². The molecule has 2 rings (SSSR count). The van der Waals surface area contributed by atoms with Crippen molar-refractivity contribution in [2.24, 2.45) is 5.41 Å². The Morgan fingerprint density at radius 2 is 2.33 bits per heavy atom. The highest BCUT2D eigenvalue weighted by atomic mass is 127. The zero-order chi connectivity index (χ0) is 10.9. The first-order valence-electron chi connectivity index (χ1n) is 4.79. The van der Waals surface area contributed by atoms with Crippen LogP contribution in [-0.4, -0.2) is 29.8 Å². The topological polar surface area (TPSA) is 44.2 Å². The summed E-state index contributed by atoms with van der Waals surface area (Å²) in [6.45, 7) is 6.23. The number of rotatable bonds is 3. The van der Waals surface area contributed by atoms with Gasteiger partial charge < -0.3 is 9.47 Å². The van der Waals surface area contributed by atoms with E-state index in [1.54, 1.807) is 6.20 Å². The second kappa shape index (κ2) is 4.21. The molecule has 0 aliphatic carbocycles. The van der Waals surface area contributed by atoms with E-state index in [-0.39, 0.29) is 5.41 Å². The summed E-state index contributed by atoms with van der Waals surface area (Å²) in [7, 11) is 0. The highest BCUT2D eigenvalue weighted by molar-refractivity contribution is 14.1. The van der Waals surface area contributed by atoms with Gasteiger partial charge in [0.15, 0.2) is 0 Å². The molecule has 0 saturated carbocycles. The highest BCUT2D eigenvalue weighted by Crippen LogP contribution is 2.27. The maximum atomic E-state index is 5.64. The molecular weight excluding hydrogens is 307 g/mol. The van der Waals surface area contributed by atoms with Gasteiger partial charge in [0.1, 0.15) is 9.39 Å². The van der Waals surface area contributed by atoms with Gasteiger partial charge in [-0.05, 0) is 29.5 Å². The van der Waals surface area contributed by atoms with Crippen LogP contribution < -0.4 is 4.74 Å². The van der Waals surface area contributed by atoms with Crippen LogP contribution in [0.1, 0.15) is 12.6 Å². The molecule has 1 aliphatic rings. The Balaban J connectivity index is 1.98. The Morgan fingerprint density at radius 3 is 2.87 bits per heavy atom. The fourth-order valence-electron chi connectivity index (χ4n) is 1.36. The average Bonchev–Trinajstić information content (AvgIpc) is 2.14. The third-order valence-electron chi connectivity index (χ3n) is 2.33. The molecule has 5 heteroatoms. The van der Waals surface area contributed by atoms with Crippen LogP contribution in [-0.2, 0) is 4.74 Å². The van der Waals surface area contributed by atoms with Crippen molar-refractivity contribution in [2.45, 2.75) is 13.8 Å². The number of hydrogen-bond acceptors (Lipinski definition) is 4. The molecule has 0 radical (unpaired) electrons. The number of ether oxygens (including phenoxy) is 2. The quantitative estimate of drug-likeness (QED) is 0.797. The van der Waals surface area contributed by atoms with Crippen molar-refractivity contribution in [3.05, 3.63) is 15.6 Å². The van der Waals surface area contributed by atoms with Crippen molar-refractivity contribution in [3.63, 3.8) is 0 Å². The maximum Gasteiger partial charge on any atom is 0.235 e. The van der Waals surface area contributed by atoms with E-state index in [9.17, 15) is 0 Å². The van der Waals surface area contributed by atoms with Crippen LogP contribution >= 0.6 is 22.6 Å². The Morgan fingerprint density at radius 1 is 1.60 bits per heavy atom. The van der Waals surface area contributed by atoms with Crippen LogP contribution in [0.3, 0.4) is 0 Å². The normalized spacial score (nSPS) is 18.3. The summed E-state index contributed by atoms with van der Waals surface area (Å²) in [6.07, 6.45) is 1.71. The van der Waals surface area contributed by atoms with Crippen molar-refractivity contribution < 1.29 is 9.47 Å². The van der Waals surface area contributed by atoms with E-state index in [0.29, 0.717) is 12.5 Å². The second-order valence-corrected chi connectivity index (χ2v) is 5.28. The molecule has 1 aromatic rings. The van der Waals surface area contributed by atoms with Crippen molar-refractivity contribution >= 4 is 22.6 Å². The second-order valence-electron chi connectivity index (χ2n) is 4.18.